The second-order valence-corrected chi connectivity index (χ2v) is 11.9. The number of carboxylic acid groups (broad SMARTS) is 1. The molecule has 2 saturated carbocycles. The molecule has 0 spiro atoms. The first-order valence-electron chi connectivity index (χ1n) is 11.7. The summed E-state index contributed by atoms with van der Waals surface area (Å²) in [6.45, 7) is 1.30. The molecule has 7 nitrogen and oxygen atoms in total. The maximum atomic E-state index is 13.2. The fraction of sp³-hybridized carbons (Fsp3) is 0.542. The molecular formula is C24H30ClN3O4S2. The van der Waals surface area contributed by atoms with Gasteiger partial charge in [0.15, 0.2) is 5.13 Å². The summed E-state index contributed by atoms with van der Waals surface area (Å²) >= 11 is 8.88. The monoisotopic (exact) mass is 523 g/mol. The third-order valence-corrected chi connectivity index (χ3v) is 9.37. The smallest absolute Gasteiger partial charge is 0.323 e. The Balaban J connectivity index is 1.34. The van der Waals surface area contributed by atoms with Crippen LogP contribution in [0.25, 0.3) is 0 Å². The van der Waals surface area contributed by atoms with Crippen LogP contribution in [-0.4, -0.2) is 50.9 Å². The van der Waals surface area contributed by atoms with Gasteiger partial charge in [0.1, 0.15) is 4.75 Å². The summed E-state index contributed by atoms with van der Waals surface area (Å²) in [7, 11) is 0. The van der Waals surface area contributed by atoms with Crippen molar-refractivity contribution in [3.05, 3.63) is 41.0 Å². The zero-order chi connectivity index (χ0) is 24.0. The second kappa shape index (κ2) is 11.7. The van der Waals surface area contributed by atoms with Crippen LogP contribution in [0.15, 0.2) is 34.7 Å². The first-order chi connectivity index (χ1) is 16.5. The molecule has 1 heterocycles. The van der Waals surface area contributed by atoms with Gasteiger partial charge < -0.3 is 14.7 Å². The molecule has 2 aliphatic carbocycles. The van der Waals surface area contributed by atoms with Crippen molar-refractivity contribution in [3.63, 3.8) is 0 Å². The number of aliphatic carboxylic acids is 1. The molecule has 2 aliphatic rings. The molecule has 1 aromatic heterocycles. The van der Waals surface area contributed by atoms with E-state index in [1.807, 2.05) is 29.2 Å². The highest BCUT2D eigenvalue weighted by Gasteiger charge is 2.46. The molecule has 0 atom stereocenters. The molecule has 2 amide bonds. The number of anilines is 1. The van der Waals surface area contributed by atoms with E-state index in [1.54, 1.807) is 6.20 Å². The Labute approximate surface area is 213 Å². The molecule has 34 heavy (non-hydrogen) atoms. The Morgan fingerprint density at radius 1 is 1.24 bits per heavy atom. The van der Waals surface area contributed by atoms with E-state index >= 15 is 0 Å². The van der Waals surface area contributed by atoms with Gasteiger partial charge in [0.25, 0.3) is 0 Å². The van der Waals surface area contributed by atoms with Crippen molar-refractivity contribution in [2.24, 2.45) is 0 Å². The first kappa shape index (κ1) is 25.3. The van der Waals surface area contributed by atoms with Gasteiger partial charge in [0, 0.05) is 17.6 Å². The van der Waals surface area contributed by atoms with E-state index in [0.717, 1.165) is 41.9 Å². The van der Waals surface area contributed by atoms with Gasteiger partial charge in [0.05, 0.1) is 23.6 Å². The van der Waals surface area contributed by atoms with Crippen LogP contribution in [0, 0.1) is 0 Å². The Hall–Kier alpha value is -1.81. The minimum Gasteiger partial charge on any atom is -0.480 e. The highest BCUT2D eigenvalue weighted by atomic mass is 35.5. The highest BCUT2D eigenvalue weighted by Crippen LogP contribution is 2.49. The number of carbonyl (C=O) groups is 2. The van der Waals surface area contributed by atoms with E-state index in [1.165, 1.54) is 29.5 Å². The molecule has 4 rings (SSSR count). The molecule has 0 unspecified atom stereocenters. The number of nitrogens with one attached hydrogen (secondary N) is 1. The number of nitrogens with zero attached hydrogens (tertiary/aromatic N) is 2. The molecular weight excluding hydrogens is 494 g/mol. The molecule has 1 aromatic carbocycles. The van der Waals surface area contributed by atoms with E-state index < -0.39 is 10.7 Å². The van der Waals surface area contributed by atoms with Crippen molar-refractivity contribution >= 4 is 51.8 Å². The predicted molar refractivity (Wildman–Crippen MR) is 136 cm³/mol. The number of hydrogen-bond acceptors (Lipinski definition) is 6. The normalized spacial score (nSPS) is 17.7. The van der Waals surface area contributed by atoms with Crippen molar-refractivity contribution in [2.45, 2.75) is 73.0 Å². The lowest BCUT2D eigenvalue weighted by Gasteiger charge is -2.36. The predicted octanol–water partition coefficient (Wildman–Crippen LogP) is 6.28. The van der Waals surface area contributed by atoms with Crippen LogP contribution in [0.3, 0.4) is 0 Å². The van der Waals surface area contributed by atoms with E-state index in [9.17, 15) is 14.7 Å². The van der Waals surface area contributed by atoms with E-state index in [-0.39, 0.29) is 12.1 Å². The molecule has 2 aromatic rings. The molecule has 2 N–H and O–H groups in total. The van der Waals surface area contributed by atoms with Gasteiger partial charge in [-0.1, -0.05) is 72.2 Å². The average Bonchev–Trinajstić information content (AvgIpc) is 3.24. The van der Waals surface area contributed by atoms with Gasteiger partial charge in [-0.3, -0.25) is 10.1 Å². The molecule has 0 bridgehead atoms. The van der Waals surface area contributed by atoms with Gasteiger partial charge >= 0.3 is 12.0 Å². The van der Waals surface area contributed by atoms with Gasteiger partial charge in [-0.15, -0.1) is 0 Å². The lowest BCUT2D eigenvalue weighted by atomic mass is 9.84. The summed E-state index contributed by atoms with van der Waals surface area (Å²) in [6.07, 6.45) is 9.31. The molecule has 0 radical (unpaired) electrons. The Morgan fingerprint density at radius 3 is 2.68 bits per heavy atom. The van der Waals surface area contributed by atoms with Gasteiger partial charge in [-0.05, 0) is 43.7 Å². The van der Waals surface area contributed by atoms with Crippen molar-refractivity contribution in [3.8, 4) is 0 Å². The lowest BCUT2D eigenvalue weighted by molar-refractivity contribution is -0.142. The van der Waals surface area contributed by atoms with E-state index in [4.69, 9.17) is 16.3 Å². The van der Waals surface area contributed by atoms with Crippen molar-refractivity contribution in [1.29, 1.82) is 0 Å². The van der Waals surface area contributed by atoms with Gasteiger partial charge in [0.2, 0.25) is 0 Å². The largest absolute Gasteiger partial charge is 0.480 e. The number of halogens is 1. The molecule has 0 saturated heterocycles. The first-order valence-corrected chi connectivity index (χ1v) is 13.7. The standard InChI is InChI=1S/C24H30ClN3O4S2/c25-19-10-5-4-7-17(19)16-32-14-13-28(18-8-2-1-3-9-18)23(31)27-22-26-15-20(33-22)34-24(21(29)30)11-6-12-24/h4-5,7,10,15,18H,1-3,6,8-9,11-14,16H2,(H,29,30)(H,26,27,31). The number of rotatable bonds is 10. The number of aromatic nitrogens is 1. The Kier molecular flexibility index (Phi) is 8.74. The molecule has 10 heteroatoms. The van der Waals surface area contributed by atoms with E-state index in [2.05, 4.69) is 10.3 Å². The summed E-state index contributed by atoms with van der Waals surface area (Å²) in [4.78, 5) is 31.1. The highest BCUT2D eigenvalue weighted by molar-refractivity contribution is 8.03. The zero-order valence-electron chi connectivity index (χ0n) is 19.0. The number of hydrogen-bond donors (Lipinski definition) is 2. The van der Waals surface area contributed by atoms with Crippen LogP contribution in [0.4, 0.5) is 9.93 Å². The van der Waals surface area contributed by atoms with Crippen LogP contribution in [-0.2, 0) is 16.1 Å². The number of carboxylic acids is 1. The summed E-state index contributed by atoms with van der Waals surface area (Å²) in [5.41, 5.74) is 0.927. The molecule has 184 valence electrons. The fourth-order valence-corrected chi connectivity index (χ4v) is 7.06. The summed E-state index contributed by atoms with van der Waals surface area (Å²) < 4.78 is 5.91. The number of benzene rings is 1. The summed E-state index contributed by atoms with van der Waals surface area (Å²) in [5, 5.41) is 13.7. The SMILES string of the molecule is O=C(Nc1ncc(SC2(C(=O)O)CCC2)s1)N(CCOCc1ccccc1Cl)C1CCCCC1. The number of carbonyl (C=O) groups excluding carboxylic acids is 1. The molecule has 0 aliphatic heterocycles. The van der Waals surface area contributed by atoms with E-state index in [0.29, 0.717) is 42.8 Å². The van der Waals surface area contributed by atoms with Gasteiger partial charge in [-0.2, -0.15) is 0 Å². The minimum atomic E-state index is -0.775. The van der Waals surface area contributed by atoms with Crippen LogP contribution in [0.2, 0.25) is 5.02 Å². The van der Waals surface area contributed by atoms with Crippen LogP contribution in [0.5, 0.6) is 0 Å². The maximum Gasteiger partial charge on any atom is 0.323 e. The van der Waals surface area contributed by atoms with Crippen LogP contribution < -0.4 is 5.32 Å². The van der Waals surface area contributed by atoms with Crippen LogP contribution in [0.1, 0.15) is 56.9 Å². The van der Waals surface area contributed by atoms with Crippen molar-refractivity contribution in [1.82, 2.24) is 9.88 Å². The summed E-state index contributed by atoms with van der Waals surface area (Å²) in [6, 6.07) is 7.58. The number of thioether (sulfide) groups is 1. The maximum absolute atomic E-state index is 13.2. The third kappa shape index (κ3) is 6.24. The Morgan fingerprint density at radius 2 is 2.00 bits per heavy atom. The fourth-order valence-electron chi connectivity index (χ4n) is 4.38. The van der Waals surface area contributed by atoms with Crippen molar-refractivity contribution < 1.29 is 19.4 Å². The second-order valence-electron chi connectivity index (χ2n) is 8.80. The average molecular weight is 524 g/mol. The topological polar surface area (TPSA) is 91.8 Å². The van der Waals surface area contributed by atoms with Gasteiger partial charge in [-0.25, -0.2) is 9.78 Å². The Bertz CT molecular complexity index is 992. The lowest BCUT2D eigenvalue weighted by Crippen LogP contribution is -2.45. The number of urea groups is 1. The number of thiazole rings is 1. The van der Waals surface area contributed by atoms with Crippen LogP contribution >= 0.6 is 34.7 Å². The third-order valence-electron chi connectivity index (χ3n) is 6.51. The minimum absolute atomic E-state index is 0.178. The quantitative estimate of drug-likeness (QED) is 0.356. The summed E-state index contributed by atoms with van der Waals surface area (Å²) in [5.74, 6) is -0.775. The van der Waals surface area contributed by atoms with Crippen molar-refractivity contribution in [2.75, 3.05) is 18.5 Å². The number of ether oxygens (including phenoxy) is 1. The zero-order valence-corrected chi connectivity index (χ0v) is 21.4. The number of amides is 2. The molecule has 2 fully saturated rings.